The highest BCUT2D eigenvalue weighted by Gasteiger charge is 2.28. The van der Waals surface area contributed by atoms with Gasteiger partial charge in [0.05, 0.1) is 11.6 Å². The molecule has 0 aliphatic carbocycles. The molecule has 1 saturated heterocycles. The zero-order valence-corrected chi connectivity index (χ0v) is 14.9. The van der Waals surface area contributed by atoms with Gasteiger partial charge in [-0.15, -0.1) is 0 Å². The molecular formula is C20H18N6O. The van der Waals surface area contributed by atoms with E-state index in [1.807, 2.05) is 17.9 Å². The van der Waals surface area contributed by atoms with Crippen LogP contribution in [-0.4, -0.2) is 46.5 Å². The number of hydrogen-bond donors (Lipinski definition) is 0. The van der Waals surface area contributed by atoms with E-state index in [9.17, 15) is 10.1 Å². The number of nitrogens with zero attached hydrogens (tertiary/aromatic N) is 6. The second kappa shape index (κ2) is 8.11. The van der Waals surface area contributed by atoms with Crippen LogP contribution >= 0.6 is 0 Å². The number of aromatic nitrogens is 2. The summed E-state index contributed by atoms with van der Waals surface area (Å²) < 4.78 is 0. The van der Waals surface area contributed by atoms with Gasteiger partial charge in [-0.05, 0) is 30.7 Å². The fourth-order valence-electron chi connectivity index (χ4n) is 3.09. The molecule has 1 aromatic heterocycles. The summed E-state index contributed by atoms with van der Waals surface area (Å²) in [4.78, 5) is 24.7. The second-order valence-corrected chi connectivity index (χ2v) is 6.24. The molecule has 7 nitrogen and oxygen atoms in total. The predicted molar refractivity (Wildman–Crippen MR) is 100 cm³/mol. The van der Waals surface area contributed by atoms with Crippen LogP contribution in [-0.2, 0) is 4.79 Å². The van der Waals surface area contributed by atoms with E-state index in [1.165, 1.54) is 12.3 Å². The van der Waals surface area contributed by atoms with E-state index in [-0.39, 0.29) is 11.9 Å². The van der Waals surface area contributed by atoms with Gasteiger partial charge in [0.15, 0.2) is 11.5 Å². The van der Waals surface area contributed by atoms with Crippen LogP contribution in [0.3, 0.4) is 0 Å². The lowest BCUT2D eigenvalue weighted by Gasteiger charge is -2.40. The van der Waals surface area contributed by atoms with Crippen molar-refractivity contribution in [3.8, 4) is 12.1 Å². The van der Waals surface area contributed by atoms with Gasteiger partial charge in [-0.25, -0.2) is 9.97 Å². The number of carbonyl (C=O) groups is 1. The van der Waals surface area contributed by atoms with Crippen molar-refractivity contribution in [1.82, 2.24) is 14.9 Å². The van der Waals surface area contributed by atoms with E-state index in [4.69, 9.17) is 5.26 Å². The Morgan fingerprint density at radius 2 is 2.04 bits per heavy atom. The standard InChI is InChI=1S/C20H18N6O/c1-15-14-25(20-18(13-22)23-7-8-24-20)9-10-26(15)19(27)6-5-16-3-2-4-17(11-16)12-21/h2-8,11,15H,9-10,14H2,1H3. The lowest BCUT2D eigenvalue weighted by molar-refractivity contribution is -0.128. The van der Waals surface area contributed by atoms with E-state index >= 15 is 0 Å². The summed E-state index contributed by atoms with van der Waals surface area (Å²) in [5.41, 5.74) is 1.66. The Morgan fingerprint density at radius 1 is 1.22 bits per heavy atom. The maximum atomic E-state index is 12.6. The SMILES string of the molecule is CC1CN(c2nccnc2C#N)CCN1C(=O)C=Cc1cccc(C#N)c1. The topological polar surface area (TPSA) is 96.9 Å². The van der Waals surface area contributed by atoms with Gasteiger partial charge in [0.2, 0.25) is 5.91 Å². The summed E-state index contributed by atoms with van der Waals surface area (Å²) in [6, 6.07) is 11.2. The lowest BCUT2D eigenvalue weighted by Crippen LogP contribution is -2.54. The number of piperazine rings is 1. The van der Waals surface area contributed by atoms with E-state index in [0.717, 1.165) is 5.56 Å². The summed E-state index contributed by atoms with van der Waals surface area (Å²) >= 11 is 0. The van der Waals surface area contributed by atoms with Crippen LogP contribution in [0.1, 0.15) is 23.7 Å². The van der Waals surface area contributed by atoms with Gasteiger partial charge in [-0.3, -0.25) is 4.79 Å². The quantitative estimate of drug-likeness (QED) is 0.778. The largest absolute Gasteiger partial charge is 0.350 e. The van der Waals surface area contributed by atoms with E-state index in [0.29, 0.717) is 36.7 Å². The first-order valence-electron chi connectivity index (χ1n) is 8.57. The van der Waals surface area contributed by atoms with Gasteiger partial charge < -0.3 is 9.80 Å². The van der Waals surface area contributed by atoms with Crippen LogP contribution in [0, 0.1) is 22.7 Å². The van der Waals surface area contributed by atoms with Crippen molar-refractivity contribution >= 4 is 17.8 Å². The molecule has 1 aliphatic heterocycles. The molecule has 27 heavy (non-hydrogen) atoms. The first-order chi connectivity index (χ1) is 13.1. The van der Waals surface area contributed by atoms with Gasteiger partial charge in [-0.1, -0.05) is 12.1 Å². The van der Waals surface area contributed by atoms with Gasteiger partial charge in [0.1, 0.15) is 6.07 Å². The van der Waals surface area contributed by atoms with E-state index < -0.39 is 0 Å². The molecule has 0 radical (unpaired) electrons. The van der Waals surface area contributed by atoms with E-state index in [2.05, 4.69) is 22.1 Å². The average Bonchev–Trinajstić information content (AvgIpc) is 2.72. The summed E-state index contributed by atoms with van der Waals surface area (Å²) in [5.74, 6) is 0.479. The van der Waals surface area contributed by atoms with Crippen LogP contribution in [0.25, 0.3) is 6.08 Å². The normalized spacial score (nSPS) is 16.8. The zero-order chi connectivity index (χ0) is 19.2. The molecule has 1 amide bonds. The van der Waals surface area contributed by atoms with E-state index in [1.54, 1.807) is 35.4 Å². The van der Waals surface area contributed by atoms with Crippen LogP contribution in [0.4, 0.5) is 5.82 Å². The van der Waals surface area contributed by atoms with Crippen molar-refractivity contribution in [3.05, 3.63) is 59.6 Å². The van der Waals surface area contributed by atoms with Gasteiger partial charge in [-0.2, -0.15) is 10.5 Å². The maximum Gasteiger partial charge on any atom is 0.246 e. The molecule has 1 atom stereocenters. The fraction of sp³-hybridized carbons (Fsp3) is 0.250. The van der Waals surface area contributed by atoms with Gasteiger partial charge in [0, 0.05) is 44.1 Å². The van der Waals surface area contributed by atoms with Crippen molar-refractivity contribution in [2.45, 2.75) is 13.0 Å². The van der Waals surface area contributed by atoms with Crippen LogP contribution < -0.4 is 4.90 Å². The predicted octanol–water partition coefficient (Wildman–Crippen LogP) is 1.97. The number of benzene rings is 1. The minimum absolute atomic E-state index is 0.0325. The molecule has 2 heterocycles. The Hall–Kier alpha value is -3.71. The molecule has 1 aromatic carbocycles. The third-order valence-corrected chi connectivity index (χ3v) is 4.43. The minimum atomic E-state index is -0.0795. The van der Waals surface area contributed by atoms with Crippen molar-refractivity contribution in [2.24, 2.45) is 0 Å². The number of hydrogen-bond acceptors (Lipinski definition) is 6. The van der Waals surface area contributed by atoms with Crippen molar-refractivity contribution in [1.29, 1.82) is 10.5 Å². The first-order valence-corrected chi connectivity index (χ1v) is 8.57. The second-order valence-electron chi connectivity index (χ2n) is 6.24. The molecule has 1 fully saturated rings. The van der Waals surface area contributed by atoms with Crippen LogP contribution in [0.15, 0.2) is 42.7 Å². The Kier molecular flexibility index (Phi) is 5.44. The third-order valence-electron chi connectivity index (χ3n) is 4.43. The summed E-state index contributed by atoms with van der Waals surface area (Å²) in [6.07, 6.45) is 6.32. The Labute approximate surface area is 157 Å². The smallest absolute Gasteiger partial charge is 0.246 e. The molecule has 0 spiro atoms. The van der Waals surface area contributed by atoms with Crippen LogP contribution in [0.2, 0.25) is 0 Å². The highest BCUT2D eigenvalue weighted by molar-refractivity contribution is 5.92. The number of amides is 1. The van der Waals surface area contributed by atoms with Gasteiger partial charge in [0.25, 0.3) is 0 Å². The maximum absolute atomic E-state index is 12.6. The average molecular weight is 358 g/mol. The Bertz CT molecular complexity index is 955. The summed E-state index contributed by atoms with van der Waals surface area (Å²) in [5, 5.41) is 18.1. The van der Waals surface area contributed by atoms with Crippen molar-refractivity contribution in [2.75, 3.05) is 24.5 Å². The fourth-order valence-corrected chi connectivity index (χ4v) is 3.09. The van der Waals surface area contributed by atoms with Crippen LogP contribution in [0.5, 0.6) is 0 Å². The van der Waals surface area contributed by atoms with Crippen molar-refractivity contribution in [3.63, 3.8) is 0 Å². The molecule has 0 N–H and O–H groups in total. The molecule has 7 heteroatoms. The third kappa shape index (κ3) is 4.10. The Morgan fingerprint density at radius 3 is 2.78 bits per heavy atom. The first kappa shape index (κ1) is 18.1. The molecule has 1 aliphatic rings. The molecule has 1 unspecified atom stereocenters. The summed E-state index contributed by atoms with van der Waals surface area (Å²) in [7, 11) is 0. The lowest BCUT2D eigenvalue weighted by atomic mass is 10.1. The number of carbonyl (C=O) groups excluding carboxylic acids is 1. The number of nitriles is 2. The molecule has 134 valence electrons. The van der Waals surface area contributed by atoms with Gasteiger partial charge >= 0.3 is 0 Å². The highest BCUT2D eigenvalue weighted by Crippen LogP contribution is 2.19. The zero-order valence-electron chi connectivity index (χ0n) is 14.9. The highest BCUT2D eigenvalue weighted by atomic mass is 16.2. The molecule has 0 saturated carbocycles. The summed E-state index contributed by atoms with van der Waals surface area (Å²) in [6.45, 7) is 3.67. The molecule has 2 aromatic rings. The molecular weight excluding hydrogens is 340 g/mol. The number of anilines is 1. The number of rotatable bonds is 3. The molecule has 3 rings (SSSR count). The molecule has 0 bridgehead atoms. The minimum Gasteiger partial charge on any atom is -0.350 e. The monoisotopic (exact) mass is 358 g/mol. The van der Waals surface area contributed by atoms with Crippen molar-refractivity contribution < 1.29 is 4.79 Å². The Balaban J connectivity index is 1.67.